The lowest BCUT2D eigenvalue weighted by Gasteiger charge is -2.14. The van der Waals surface area contributed by atoms with Gasteiger partial charge in [0.05, 0.1) is 18.4 Å². The molecule has 0 saturated carbocycles. The monoisotopic (exact) mass is 331 g/mol. The second kappa shape index (κ2) is 6.67. The number of nitrogen functional groups attached to an aromatic ring is 1. The third kappa shape index (κ3) is 3.79. The van der Waals surface area contributed by atoms with Crippen LogP contribution in [-0.2, 0) is 14.3 Å². The Morgan fingerprint density at radius 1 is 1.39 bits per heavy atom. The molecule has 2 atom stereocenters. The van der Waals surface area contributed by atoms with Gasteiger partial charge in [-0.15, -0.1) is 0 Å². The molecule has 2 N–H and O–H groups in total. The second-order valence-electron chi connectivity index (χ2n) is 4.85. The predicted molar refractivity (Wildman–Crippen MR) is 73.4 cm³/mol. The van der Waals surface area contributed by atoms with Crippen molar-refractivity contribution in [3.63, 3.8) is 0 Å². The molecule has 9 heteroatoms. The van der Waals surface area contributed by atoms with Gasteiger partial charge in [0.2, 0.25) is 6.10 Å². The average molecular weight is 331 g/mol. The summed E-state index contributed by atoms with van der Waals surface area (Å²) < 4.78 is 43.7. The number of halogens is 2. The van der Waals surface area contributed by atoms with E-state index in [0.717, 1.165) is 12.1 Å². The van der Waals surface area contributed by atoms with E-state index in [2.05, 4.69) is 4.74 Å². The molecule has 1 heterocycles. The van der Waals surface area contributed by atoms with Crippen molar-refractivity contribution >= 4 is 17.6 Å². The molecule has 23 heavy (non-hydrogen) atoms. The Bertz CT molecular complexity index is 622. The van der Waals surface area contributed by atoms with Crippen LogP contribution in [0.4, 0.5) is 14.5 Å². The number of rotatable bonds is 5. The fourth-order valence-electron chi connectivity index (χ4n) is 2.11. The molecule has 0 radical (unpaired) electrons. The number of anilines is 1. The third-order valence-corrected chi connectivity index (χ3v) is 3.15. The highest BCUT2D eigenvalue weighted by atomic mass is 19.3. The minimum absolute atomic E-state index is 0.117. The zero-order chi connectivity index (χ0) is 17.1. The summed E-state index contributed by atoms with van der Waals surface area (Å²) in [5.41, 5.74) is 5.38. The number of cyclic esters (lactones) is 1. The van der Waals surface area contributed by atoms with Gasteiger partial charge in [0.1, 0.15) is 6.10 Å². The number of alkyl halides is 2. The minimum Gasteiger partial charge on any atom is -0.493 e. The zero-order valence-corrected chi connectivity index (χ0v) is 12.4. The molecule has 126 valence electrons. The highest BCUT2D eigenvalue weighted by Crippen LogP contribution is 2.34. The fraction of sp³-hybridized carbons (Fsp3) is 0.429. The van der Waals surface area contributed by atoms with Crippen LogP contribution < -0.4 is 15.2 Å². The van der Waals surface area contributed by atoms with E-state index in [0.29, 0.717) is 0 Å². The van der Waals surface area contributed by atoms with Crippen LogP contribution in [0.5, 0.6) is 11.5 Å². The van der Waals surface area contributed by atoms with E-state index in [-0.39, 0.29) is 35.3 Å². The number of benzene rings is 1. The van der Waals surface area contributed by atoms with Gasteiger partial charge in [-0.2, -0.15) is 8.78 Å². The summed E-state index contributed by atoms with van der Waals surface area (Å²) in [5.74, 6) is -1.96. The van der Waals surface area contributed by atoms with Gasteiger partial charge in [0, 0.05) is 18.6 Å². The first-order chi connectivity index (χ1) is 10.8. The Kier molecular flexibility index (Phi) is 4.87. The van der Waals surface area contributed by atoms with Crippen LogP contribution >= 0.6 is 0 Å². The Labute approximate surface area is 130 Å². The number of carbonyl (C=O) groups is 2. The summed E-state index contributed by atoms with van der Waals surface area (Å²) in [6.45, 7) is -1.41. The van der Waals surface area contributed by atoms with E-state index in [4.69, 9.17) is 19.9 Å². The highest BCUT2D eigenvalue weighted by Gasteiger charge is 2.35. The number of ether oxygens (including phenoxy) is 4. The van der Waals surface area contributed by atoms with Gasteiger partial charge in [-0.3, -0.25) is 0 Å². The van der Waals surface area contributed by atoms with Crippen molar-refractivity contribution in [2.75, 3.05) is 12.8 Å². The van der Waals surface area contributed by atoms with Crippen LogP contribution in [0.1, 0.15) is 23.7 Å². The quantitative estimate of drug-likeness (QED) is 0.648. The molecule has 7 nitrogen and oxygen atoms in total. The van der Waals surface area contributed by atoms with Crippen LogP contribution in [0.3, 0.4) is 0 Å². The summed E-state index contributed by atoms with van der Waals surface area (Å²) in [5, 5.41) is 0. The van der Waals surface area contributed by atoms with Crippen LogP contribution in [0, 0.1) is 0 Å². The van der Waals surface area contributed by atoms with Crippen molar-refractivity contribution in [1.82, 2.24) is 0 Å². The van der Waals surface area contributed by atoms with Gasteiger partial charge >= 0.3 is 18.6 Å². The van der Waals surface area contributed by atoms with Crippen molar-refractivity contribution in [2.24, 2.45) is 0 Å². The number of nitrogens with two attached hydrogens (primary N) is 1. The summed E-state index contributed by atoms with van der Waals surface area (Å²) in [6, 6.07) is 2.14. The summed E-state index contributed by atoms with van der Waals surface area (Å²) in [7, 11) is 1.22. The summed E-state index contributed by atoms with van der Waals surface area (Å²) in [4.78, 5) is 23.6. The molecule has 1 aliphatic heterocycles. The Hall–Kier alpha value is -2.58. The number of carbonyl (C=O) groups excluding carboxylic acids is 2. The fourth-order valence-corrected chi connectivity index (χ4v) is 2.11. The van der Waals surface area contributed by atoms with Crippen LogP contribution in [0.2, 0.25) is 0 Å². The maximum atomic E-state index is 12.3. The molecule has 1 aromatic carbocycles. The molecule has 0 amide bonds. The first kappa shape index (κ1) is 16.8. The van der Waals surface area contributed by atoms with Crippen LogP contribution in [0.15, 0.2) is 12.1 Å². The topological polar surface area (TPSA) is 97.1 Å². The van der Waals surface area contributed by atoms with Gasteiger partial charge in [0.25, 0.3) is 0 Å². The summed E-state index contributed by atoms with van der Waals surface area (Å²) in [6.07, 6.45) is -1.15. The SMILES string of the molecule is COc1cc(C(=O)OC2CC(C)OC2=O)c(N)cc1OC(F)F. The number of methoxy groups -OCH3 is 1. The van der Waals surface area contributed by atoms with E-state index in [1.54, 1.807) is 6.92 Å². The predicted octanol–water partition coefficient (Wildman–Crippen LogP) is 1.74. The van der Waals surface area contributed by atoms with Crippen molar-refractivity contribution in [3.05, 3.63) is 17.7 Å². The average Bonchev–Trinajstić information content (AvgIpc) is 2.76. The van der Waals surface area contributed by atoms with Gasteiger partial charge < -0.3 is 24.7 Å². The largest absolute Gasteiger partial charge is 0.493 e. The van der Waals surface area contributed by atoms with E-state index >= 15 is 0 Å². The number of esters is 2. The highest BCUT2D eigenvalue weighted by molar-refractivity contribution is 5.97. The van der Waals surface area contributed by atoms with Gasteiger partial charge in [-0.25, -0.2) is 9.59 Å². The molecule has 2 unspecified atom stereocenters. The van der Waals surface area contributed by atoms with E-state index in [9.17, 15) is 18.4 Å². The number of hydrogen-bond donors (Lipinski definition) is 1. The first-order valence-electron chi connectivity index (χ1n) is 6.65. The van der Waals surface area contributed by atoms with Crippen molar-refractivity contribution < 1.29 is 37.3 Å². The van der Waals surface area contributed by atoms with Crippen molar-refractivity contribution in [1.29, 1.82) is 0 Å². The lowest BCUT2D eigenvalue weighted by Crippen LogP contribution is -2.23. The molecule has 1 aliphatic rings. The number of hydrogen-bond acceptors (Lipinski definition) is 7. The molecular weight excluding hydrogens is 316 g/mol. The van der Waals surface area contributed by atoms with Gasteiger partial charge in [0.15, 0.2) is 11.5 Å². The van der Waals surface area contributed by atoms with Gasteiger partial charge in [-0.1, -0.05) is 0 Å². The Balaban J connectivity index is 2.21. The van der Waals surface area contributed by atoms with Crippen LogP contribution in [-0.4, -0.2) is 37.9 Å². The Morgan fingerprint density at radius 3 is 2.61 bits per heavy atom. The molecule has 1 aromatic rings. The Morgan fingerprint density at radius 2 is 2.09 bits per heavy atom. The van der Waals surface area contributed by atoms with E-state index in [1.165, 1.54) is 7.11 Å². The molecule has 0 aliphatic carbocycles. The molecule has 2 rings (SSSR count). The molecule has 0 spiro atoms. The zero-order valence-electron chi connectivity index (χ0n) is 12.4. The second-order valence-corrected chi connectivity index (χ2v) is 4.85. The van der Waals surface area contributed by atoms with Crippen LogP contribution in [0.25, 0.3) is 0 Å². The lowest BCUT2D eigenvalue weighted by atomic mass is 10.1. The third-order valence-electron chi connectivity index (χ3n) is 3.15. The minimum atomic E-state index is -3.07. The molecule has 0 aromatic heterocycles. The van der Waals surface area contributed by atoms with Crippen molar-refractivity contribution in [2.45, 2.75) is 32.2 Å². The van der Waals surface area contributed by atoms with Gasteiger partial charge in [-0.05, 0) is 6.92 Å². The maximum absolute atomic E-state index is 12.3. The maximum Gasteiger partial charge on any atom is 0.387 e. The standard InChI is InChI=1S/C14H15F2NO6/c1-6-3-11(13(19)21-6)22-12(18)7-4-9(20-2)10(5-8(7)17)23-14(15)16/h4-6,11,14H,3,17H2,1-2H3. The van der Waals surface area contributed by atoms with E-state index < -0.39 is 24.7 Å². The normalized spacial score (nSPS) is 20.3. The first-order valence-corrected chi connectivity index (χ1v) is 6.65. The van der Waals surface area contributed by atoms with E-state index in [1.807, 2.05) is 0 Å². The molecule has 1 saturated heterocycles. The van der Waals surface area contributed by atoms with Crippen molar-refractivity contribution in [3.8, 4) is 11.5 Å². The smallest absolute Gasteiger partial charge is 0.387 e. The molecule has 0 bridgehead atoms. The molecular formula is C14H15F2NO6. The molecule has 1 fully saturated rings. The lowest BCUT2D eigenvalue weighted by molar-refractivity contribution is -0.147. The summed E-state index contributed by atoms with van der Waals surface area (Å²) >= 11 is 0.